The van der Waals surface area contributed by atoms with E-state index >= 15 is 0 Å². The standard InChI is InChI=1S/C30H41ClN8O2/c1-4-37(5-2)30(41)39-21-19-38(20-22-39)29-34-27(32-17-16-24-10-14-26(40)15-11-24)33-28(35-29)36(3)18-6-7-23-8-12-25(31)13-9-23/h8-15,40H,4-7,16-22H2,1-3H3,(H,32,33,34,35). The maximum atomic E-state index is 12.8. The molecule has 41 heavy (non-hydrogen) atoms. The molecular formula is C30H41ClN8O2. The Morgan fingerprint density at radius 1 is 0.927 bits per heavy atom. The lowest BCUT2D eigenvalue weighted by Crippen LogP contribution is -2.53. The Bertz CT molecular complexity index is 1250. The molecule has 10 nitrogen and oxygen atoms in total. The molecule has 0 atom stereocenters. The molecule has 0 aliphatic carbocycles. The van der Waals surface area contributed by atoms with Gasteiger partial charge in [-0.15, -0.1) is 0 Å². The molecule has 0 saturated carbocycles. The highest BCUT2D eigenvalue weighted by Gasteiger charge is 2.26. The third-order valence-electron chi connectivity index (χ3n) is 7.33. The highest BCUT2D eigenvalue weighted by molar-refractivity contribution is 6.30. The van der Waals surface area contributed by atoms with Gasteiger partial charge in [-0.3, -0.25) is 0 Å². The number of hydrogen-bond acceptors (Lipinski definition) is 8. The van der Waals surface area contributed by atoms with Gasteiger partial charge in [0.1, 0.15) is 5.75 Å². The topological polar surface area (TPSA) is 101 Å². The number of urea groups is 1. The molecule has 2 heterocycles. The molecule has 0 unspecified atom stereocenters. The number of halogens is 1. The van der Waals surface area contributed by atoms with Crippen molar-refractivity contribution in [3.05, 3.63) is 64.7 Å². The zero-order valence-electron chi connectivity index (χ0n) is 24.3. The minimum atomic E-state index is 0.0861. The molecule has 1 saturated heterocycles. The van der Waals surface area contributed by atoms with Crippen LogP contribution >= 0.6 is 11.6 Å². The Kier molecular flexibility index (Phi) is 10.8. The van der Waals surface area contributed by atoms with Crippen molar-refractivity contribution < 1.29 is 9.90 Å². The first-order chi connectivity index (χ1) is 19.9. The number of aryl methyl sites for hydroxylation is 1. The van der Waals surface area contributed by atoms with Crippen LogP contribution in [0.2, 0.25) is 5.02 Å². The van der Waals surface area contributed by atoms with Gasteiger partial charge < -0.3 is 30.0 Å². The summed E-state index contributed by atoms with van der Waals surface area (Å²) in [5, 5.41) is 13.7. The minimum absolute atomic E-state index is 0.0861. The number of nitrogens with zero attached hydrogens (tertiary/aromatic N) is 7. The maximum absolute atomic E-state index is 12.8. The van der Waals surface area contributed by atoms with Gasteiger partial charge in [0.2, 0.25) is 17.8 Å². The molecule has 4 rings (SSSR count). The van der Waals surface area contributed by atoms with Crippen LogP contribution in [0.25, 0.3) is 0 Å². The Morgan fingerprint density at radius 3 is 2.22 bits per heavy atom. The number of phenolic OH excluding ortho intramolecular Hbond substituents is 1. The number of carbonyl (C=O) groups excluding carboxylic acids is 1. The highest BCUT2D eigenvalue weighted by atomic mass is 35.5. The van der Waals surface area contributed by atoms with Crippen LogP contribution in [-0.4, -0.2) is 95.3 Å². The fourth-order valence-corrected chi connectivity index (χ4v) is 4.92. The van der Waals surface area contributed by atoms with Crippen LogP contribution in [0.15, 0.2) is 48.5 Å². The summed E-state index contributed by atoms with van der Waals surface area (Å²) in [6.45, 7) is 9.40. The molecule has 11 heteroatoms. The van der Waals surface area contributed by atoms with Gasteiger partial charge in [-0.25, -0.2) is 4.79 Å². The molecule has 2 amide bonds. The Morgan fingerprint density at radius 2 is 1.56 bits per heavy atom. The summed E-state index contributed by atoms with van der Waals surface area (Å²) in [5.74, 6) is 2.00. The number of rotatable bonds is 12. The number of carbonyl (C=O) groups is 1. The van der Waals surface area contributed by atoms with E-state index in [1.165, 1.54) is 5.56 Å². The van der Waals surface area contributed by atoms with Crippen molar-refractivity contribution in [1.82, 2.24) is 24.8 Å². The molecule has 0 spiro atoms. The molecule has 0 bridgehead atoms. The lowest BCUT2D eigenvalue weighted by Gasteiger charge is -2.37. The van der Waals surface area contributed by atoms with Crippen molar-refractivity contribution >= 4 is 35.5 Å². The van der Waals surface area contributed by atoms with Gasteiger partial charge >= 0.3 is 6.03 Å². The zero-order valence-corrected chi connectivity index (χ0v) is 25.0. The van der Waals surface area contributed by atoms with Crippen molar-refractivity contribution in [2.75, 3.05) is 74.5 Å². The van der Waals surface area contributed by atoms with E-state index in [0.29, 0.717) is 63.7 Å². The Balaban J connectivity index is 1.43. The number of aromatic hydroxyl groups is 1. The fraction of sp³-hybridized carbons (Fsp3) is 0.467. The second-order valence-electron chi connectivity index (χ2n) is 10.2. The molecule has 220 valence electrons. The summed E-state index contributed by atoms with van der Waals surface area (Å²) in [5.41, 5.74) is 2.35. The van der Waals surface area contributed by atoms with Gasteiger partial charge in [0.05, 0.1) is 0 Å². The van der Waals surface area contributed by atoms with E-state index in [2.05, 4.69) is 27.2 Å². The number of benzene rings is 2. The van der Waals surface area contributed by atoms with Gasteiger partial charge in [0.25, 0.3) is 0 Å². The van der Waals surface area contributed by atoms with Gasteiger partial charge in [-0.2, -0.15) is 15.0 Å². The molecule has 1 aliphatic heterocycles. The molecule has 2 N–H and O–H groups in total. The summed E-state index contributed by atoms with van der Waals surface area (Å²) in [6.07, 6.45) is 2.63. The predicted octanol–water partition coefficient (Wildman–Crippen LogP) is 4.54. The molecule has 1 aromatic heterocycles. The number of anilines is 3. The Hall–Kier alpha value is -3.79. The molecule has 1 aliphatic rings. The Labute approximate surface area is 248 Å². The molecule has 1 fully saturated rings. The zero-order chi connectivity index (χ0) is 29.2. The SMILES string of the molecule is CCN(CC)C(=O)N1CCN(c2nc(NCCc3ccc(O)cc3)nc(N(C)CCCc3ccc(Cl)cc3)n2)CC1. The van der Waals surface area contributed by atoms with Crippen molar-refractivity contribution in [1.29, 1.82) is 0 Å². The molecule has 3 aromatic rings. The molecule has 2 aromatic carbocycles. The van der Waals surface area contributed by atoms with Crippen LogP contribution in [0.4, 0.5) is 22.6 Å². The summed E-state index contributed by atoms with van der Waals surface area (Å²) in [7, 11) is 2.00. The monoisotopic (exact) mass is 580 g/mol. The summed E-state index contributed by atoms with van der Waals surface area (Å²) in [4.78, 5) is 35.1. The van der Waals surface area contributed by atoms with Crippen LogP contribution in [0.3, 0.4) is 0 Å². The average Bonchev–Trinajstić information content (AvgIpc) is 2.99. The largest absolute Gasteiger partial charge is 0.508 e. The number of aromatic nitrogens is 3. The van der Waals surface area contributed by atoms with Crippen molar-refractivity contribution in [3.63, 3.8) is 0 Å². The van der Waals surface area contributed by atoms with Crippen LogP contribution in [-0.2, 0) is 12.8 Å². The van der Waals surface area contributed by atoms with E-state index in [4.69, 9.17) is 26.6 Å². The second kappa shape index (κ2) is 14.7. The van der Waals surface area contributed by atoms with E-state index in [0.717, 1.165) is 36.4 Å². The number of amides is 2. The van der Waals surface area contributed by atoms with E-state index in [1.54, 1.807) is 12.1 Å². The van der Waals surface area contributed by atoms with Gasteiger partial charge in [0, 0.05) is 64.4 Å². The van der Waals surface area contributed by atoms with Gasteiger partial charge in [-0.05, 0) is 68.5 Å². The van der Waals surface area contributed by atoms with Crippen molar-refractivity contribution in [3.8, 4) is 5.75 Å². The lowest BCUT2D eigenvalue weighted by atomic mass is 10.1. The summed E-state index contributed by atoms with van der Waals surface area (Å²) in [6, 6.07) is 15.3. The lowest BCUT2D eigenvalue weighted by molar-refractivity contribution is 0.154. The van der Waals surface area contributed by atoms with Gasteiger partial charge in [-0.1, -0.05) is 35.9 Å². The smallest absolute Gasteiger partial charge is 0.320 e. The first-order valence-electron chi connectivity index (χ1n) is 14.4. The first-order valence-corrected chi connectivity index (χ1v) is 14.8. The second-order valence-corrected chi connectivity index (χ2v) is 10.6. The van der Waals surface area contributed by atoms with Gasteiger partial charge in [0.15, 0.2) is 0 Å². The first kappa shape index (κ1) is 30.2. The fourth-order valence-electron chi connectivity index (χ4n) is 4.79. The highest BCUT2D eigenvalue weighted by Crippen LogP contribution is 2.19. The van der Waals surface area contributed by atoms with Crippen LogP contribution in [0.1, 0.15) is 31.4 Å². The third kappa shape index (κ3) is 8.60. The van der Waals surface area contributed by atoms with Crippen molar-refractivity contribution in [2.24, 2.45) is 0 Å². The average molecular weight is 581 g/mol. The van der Waals surface area contributed by atoms with Crippen LogP contribution in [0, 0.1) is 0 Å². The number of piperazine rings is 1. The number of nitrogens with one attached hydrogen (secondary N) is 1. The molecule has 0 radical (unpaired) electrons. The maximum Gasteiger partial charge on any atom is 0.320 e. The predicted molar refractivity (Wildman–Crippen MR) is 165 cm³/mol. The number of hydrogen-bond donors (Lipinski definition) is 2. The summed E-state index contributed by atoms with van der Waals surface area (Å²) < 4.78 is 0. The quantitative estimate of drug-likeness (QED) is 0.322. The normalized spacial score (nSPS) is 13.3. The van der Waals surface area contributed by atoms with E-state index in [9.17, 15) is 9.90 Å². The van der Waals surface area contributed by atoms with Crippen molar-refractivity contribution in [2.45, 2.75) is 33.1 Å². The van der Waals surface area contributed by atoms with E-state index in [1.807, 2.05) is 55.0 Å². The minimum Gasteiger partial charge on any atom is -0.508 e. The summed E-state index contributed by atoms with van der Waals surface area (Å²) >= 11 is 6.03. The number of phenols is 1. The van der Waals surface area contributed by atoms with Crippen LogP contribution in [0.5, 0.6) is 5.75 Å². The van der Waals surface area contributed by atoms with E-state index in [-0.39, 0.29) is 11.8 Å². The third-order valence-corrected chi connectivity index (χ3v) is 7.58. The van der Waals surface area contributed by atoms with E-state index < -0.39 is 0 Å². The van der Waals surface area contributed by atoms with Crippen LogP contribution < -0.4 is 15.1 Å². The molecular weight excluding hydrogens is 540 g/mol.